The molecule has 10 heteroatoms. The largest absolute Gasteiger partial charge is 0.334 e. The fraction of sp³-hybridized carbons (Fsp3) is 0.333. The zero-order valence-corrected chi connectivity index (χ0v) is 16.2. The molecular formula is C18H24ClN7O2. The highest BCUT2D eigenvalue weighted by molar-refractivity contribution is 6.02. The molecule has 3 amide bonds. The average Bonchev–Trinajstić information content (AvgIpc) is 3.19. The molecule has 9 nitrogen and oxygen atoms in total. The van der Waals surface area contributed by atoms with Gasteiger partial charge in [0.25, 0.3) is 5.91 Å². The lowest BCUT2D eigenvalue weighted by molar-refractivity contribution is 0.102. The number of carbonyl (C=O) groups is 2. The molecule has 1 fully saturated rings. The van der Waals surface area contributed by atoms with Gasteiger partial charge >= 0.3 is 6.03 Å². The summed E-state index contributed by atoms with van der Waals surface area (Å²) in [6, 6.07) is 6.78. The van der Waals surface area contributed by atoms with Crippen LogP contribution in [0.3, 0.4) is 0 Å². The second-order valence-corrected chi connectivity index (χ2v) is 6.22. The quantitative estimate of drug-likeness (QED) is 0.550. The minimum Gasteiger partial charge on any atom is -0.334 e. The Morgan fingerprint density at radius 2 is 1.82 bits per heavy atom. The second kappa shape index (κ2) is 10.4. The van der Waals surface area contributed by atoms with E-state index in [9.17, 15) is 9.59 Å². The van der Waals surface area contributed by atoms with Gasteiger partial charge in [-0.05, 0) is 50.2 Å². The van der Waals surface area contributed by atoms with Crippen LogP contribution in [0.1, 0.15) is 29.4 Å². The van der Waals surface area contributed by atoms with Gasteiger partial charge in [-0.3, -0.25) is 4.79 Å². The zero-order chi connectivity index (χ0) is 19.1. The summed E-state index contributed by atoms with van der Waals surface area (Å²) in [5.41, 5.74) is 1.50. The number of hydrogen-bond donors (Lipinski definition) is 4. The van der Waals surface area contributed by atoms with Gasteiger partial charge in [-0.1, -0.05) is 11.3 Å². The lowest BCUT2D eigenvalue weighted by Gasteiger charge is -2.22. The highest BCUT2D eigenvalue weighted by Crippen LogP contribution is 2.18. The Kier molecular flexibility index (Phi) is 7.97. The van der Waals surface area contributed by atoms with Crippen LogP contribution in [0.4, 0.5) is 16.2 Å². The number of rotatable bonds is 6. The van der Waals surface area contributed by atoms with Crippen LogP contribution in [0, 0.1) is 0 Å². The molecule has 2 heterocycles. The van der Waals surface area contributed by atoms with Gasteiger partial charge in [0.05, 0.1) is 12.2 Å². The van der Waals surface area contributed by atoms with Crippen LogP contribution in [-0.4, -0.2) is 46.6 Å². The van der Waals surface area contributed by atoms with E-state index in [0.29, 0.717) is 17.9 Å². The Labute approximate surface area is 169 Å². The number of carbonyl (C=O) groups excluding carboxylic acids is 2. The molecule has 0 atom stereocenters. The number of nitrogens with one attached hydrogen (secondary N) is 4. The molecular weight excluding hydrogens is 382 g/mol. The maximum Gasteiger partial charge on any atom is 0.319 e. The molecule has 3 rings (SSSR count). The van der Waals surface area contributed by atoms with Crippen LogP contribution in [0.5, 0.6) is 0 Å². The molecule has 1 aliphatic rings. The van der Waals surface area contributed by atoms with E-state index in [-0.39, 0.29) is 36.1 Å². The van der Waals surface area contributed by atoms with Gasteiger partial charge in [0.2, 0.25) is 0 Å². The molecule has 1 aliphatic heterocycles. The van der Waals surface area contributed by atoms with Crippen molar-refractivity contribution in [1.82, 2.24) is 25.6 Å². The van der Waals surface area contributed by atoms with Crippen LogP contribution >= 0.6 is 12.4 Å². The topological polar surface area (TPSA) is 113 Å². The van der Waals surface area contributed by atoms with E-state index in [0.717, 1.165) is 25.9 Å². The Bertz CT molecular complexity index is 801. The number of urea groups is 1. The van der Waals surface area contributed by atoms with Gasteiger partial charge in [-0.25, -0.2) is 9.48 Å². The maximum atomic E-state index is 12.4. The van der Waals surface area contributed by atoms with Crippen LogP contribution in [-0.2, 0) is 0 Å². The smallest absolute Gasteiger partial charge is 0.319 e. The Hall–Kier alpha value is -2.91. The molecule has 28 heavy (non-hydrogen) atoms. The third-order valence-corrected chi connectivity index (χ3v) is 4.23. The molecule has 1 aromatic carbocycles. The Morgan fingerprint density at radius 1 is 1.18 bits per heavy atom. The van der Waals surface area contributed by atoms with E-state index >= 15 is 0 Å². The van der Waals surface area contributed by atoms with Crippen molar-refractivity contribution in [3.63, 3.8) is 0 Å². The predicted molar refractivity (Wildman–Crippen MR) is 110 cm³/mol. The van der Waals surface area contributed by atoms with Crippen molar-refractivity contribution in [2.45, 2.75) is 18.9 Å². The van der Waals surface area contributed by atoms with Gasteiger partial charge in [-0.15, -0.1) is 24.1 Å². The summed E-state index contributed by atoms with van der Waals surface area (Å²) in [6.07, 6.45) is 5.23. The summed E-state index contributed by atoms with van der Waals surface area (Å²) in [5, 5.41) is 19.5. The third kappa shape index (κ3) is 5.80. The van der Waals surface area contributed by atoms with E-state index in [2.05, 4.69) is 38.2 Å². The van der Waals surface area contributed by atoms with Crippen LogP contribution < -0.4 is 21.3 Å². The first-order chi connectivity index (χ1) is 13.2. The normalized spacial score (nSPS) is 13.9. The van der Waals surface area contributed by atoms with Crippen LogP contribution in [0.2, 0.25) is 0 Å². The van der Waals surface area contributed by atoms with Gasteiger partial charge in [0.1, 0.15) is 0 Å². The van der Waals surface area contributed by atoms with E-state index in [1.54, 1.807) is 41.2 Å². The van der Waals surface area contributed by atoms with Crippen LogP contribution in [0.15, 0.2) is 43.1 Å². The van der Waals surface area contributed by atoms with E-state index < -0.39 is 0 Å². The Balaban J connectivity index is 0.00000280. The number of anilines is 2. The second-order valence-electron chi connectivity index (χ2n) is 6.22. The molecule has 4 N–H and O–H groups in total. The molecule has 1 saturated heterocycles. The molecule has 0 radical (unpaired) electrons. The monoisotopic (exact) mass is 405 g/mol. The maximum absolute atomic E-state index is 12.4. The SMILES string of the molecule is C=CCNC(=O)Nc1ccc(NC(=O)c2cn(C3CCNCC3)nn2)cc1.Cl. The van der Waals surface area contributed by atoms with Gasteiger partial charge in [-0.2, -0.15) is 0 Å². The number of halogens is 1. The van der Waals surface area contributed by atoms with Gasteiger partial charge < -0.3 is 21.3 Å². The first kappa shape index (κ1) is 21.4. The zero-order valence-electron chi connectivity index (χ0n) is 15.4. The molecule has 0 saturated carbocycles. The predicted octanol–water partition coefficient (Wildman–Crippen LogP) is 2.18. The number of aromatic nitrogens is 3. The molecule has 0 spiro atoms. The average molecular weight is 406 g/mol. The van der Waals surface area contributed by atoms with Gasteiger partial charge in [0.15, 0.2) is 5.69 Å². The van der Waals surface area contributed by atoms with Crippen molar-refractivity contribution < 1.29 is 9.59 Å². The standard InChI is InChI=1S/C18H23N7O2.ClH/c1-2-9-20-18(27)22-14-5-3-13(4-6-14)21-17(26)16-12-25(24-23-16)15-7-10-19-11-8-15;/h2-6,12,15,19H,1,7-11H2,(H,21,26)(H2,20,22,27);1H. The molecule has 0 bridgehead atoms. The van der Waals surface area contributed by atoms with Crippen molar-refractivity contribution in [3.8, 4) is 0 Å². The summed E-state index contributed by atoms with van der Waals surface area (Å²) in [7, 11) is 0. The Morgan fingerprint density at radius 3 is 2.46 bits per heavy atom. The minimum atomic E-state index is -0.320. The highest BCUT2D eigenvalue weighted by Gasteiger charge is 2.18. The third-order valence-electron chi connectivity index (χ3n) is 4.23. The molecule has 0 aliphatic carbocycles. The van der Waals surface area contributed by atoms with E-state index in [1.165, 1.54) is 0 Å². The number of amides is 3. The van der Waals surface area contributed by atoms with Gasteiger partial charge in [0, 0.05) is 17.9 Å². The molecule has 2 aromatic rings. The summed E-state index contributed by atoms with van der Waals surface area (Å²) >= 11 is 0. The van der Waals surface area contributed by atoms with E-state index in [4.69, 9.17) is 0 Å². The minimum absolute atomic E-state index is 0. The van der Waals surface area contributed by atoms with Crippen molar-refractivity contribution in [2.75, 3.05) is 30.3 Å². The van der Waals surface area contributed by atoms with E-state index in [1.807, 2.05) is 0 Å². The first-order valence-electron chi connectivity index (χ1n) is 8.85. The van der Waals surface area contributed by atoms with Crippen molar-refractivity contribution in [2.24, 2.45) is 0 Å². The number of nitrogens with zero attached hydrogens (tertiary/aromatic N) is 3. The lowest BCUT2D eigenvalue weighted by atomic mass is 10.1. The molecule has 150 valence electrons. The number of benzene rings is 1. The van der Waals surface area contributed by atoms with Crippen LogP contribution in [0.25, 0.3) is 0 Å². The van der Waals surface area contributed by atoms with Crippen molar-refractivity contribution >= 4 is 35.7 Å². The lowest BCUT2D eigenvalue weighted by Crippen LogP contribution is -2.29. The number of piperidine rings is 1. The fourth-order valence-electron chi connectivity index (χ4n) is 2.80. The first-order valence-corrected chi connectivity index (χ1v) is 8.85. The van der Waals surface area contributed by atoms with Crippen molar-refractivity contribution in [1.29, 1.82) is 0 Å². The molecule has 1 aromatic heterocycles. The summed E-state index contributed by atoms with van der Waals surface area (Å²) < 4.78 is 1.77. The fourth-order valence-corrected chi connectivity index (χ4v) is 2.80. The summed E-state index contributed by atoms with van der Waals surface area (Å²) in [6.45, 7) is 5.81. The van der Waals surface area contributed by atoms with Crippen molar-refractivity contribution in [3.05, 3.63) is 48.8 Å². The highest BCUT2D eigenvalue weighted by atomic mass is 35.5. The summed E-state index contributed by atoms with van der Waals surface area (Å²) in [5.74, 6) is -0.320. The molecule has 0 unspecified atom stereocenters. The number of hydrogen-bond acceptors (Lipinski definition) is 5. The summed E-state index contributed by atoms with van der Waals surface area (Å²) in [4.78, 5) is 24.0.